The van der Waals surface area contributed by atoms with Gasteiger partial charge in [-0.2, -0.15) is 22.0 Å². The van der Waals surface area contributed by atoms with Crippen LogP contribution in [0.4, 0.5) is 42.1 Å². The number of alkyl halides is 7. The quantitative estimate of drug-likeness (QED) is 0.286. The van der Waals surface area contributed by atoms with Crippen LogP contribution in [0.5, 0.6) is 11.5 Å². The predicted octanol–water partition coefficient (Wildman–Crippen LogP) is 4.62. The number of para-hydroxylation sites is 1. The lowest BCUT2D eigenvalue weighted by molar-refractivity contribution is -0.387. The highest BCUT2D eigenvalue weighted by atomic mass is 32.2. The molecule has 16 heteroatoms. The van der Waals surface area contributed by atoms with E-state index in [1.54, 1.807) is 0 Å². The number of anilines is 1. The van der Waals surface area contributed by atoms with Crippen LogP contribution in [0.3, 0.4) is 0 Å². The Hall–Kier alpha value is -3.30. The fourth-order valence-electron chi connectivity index (χ4n) is 2.25. The molecule has 8 nitrogen and oxygen atoms in total. The highest BCUT2D eigenvalue weighted by Gasteiger charge is 2.41. The molecule has 2 aromatic carbocycles. The van der Waals surface area contributed by atoms with E-state index in [1.807, 2.05) is 4.72 Å². The molecular formula is C17H13F7N2O6S. The minimum atomic E-state index is -4.83. The van der Waals surface area contributed by atoms with E-state index in [0.717, 1.165) is 18.2 Å². The standard InChI is InChI=1S/C17H13F7N2O6S/c18-15(19)16(20,21)8-31-11-5-10(6-12(7-11)32-9-17(22,23)24)25-33(29,30)14-4-2-1-3-13(14)26(27)28/h1-7,15,25H,8-9H2. The Labute approximate surface area is 181 Å². The molecule has 0 saturated carbocycles. The van der Waals surface area contributed by atoms with E-state index >= 15 is 0 Å². The van der Waals surface area contributed by atoms with E-state index < -0.39 is 74.5 Å². The van der Waals surface area contributed by atoms with Crippen LogP contribution in [0.2, 0.25) is 0 Å². The molecule has 2 aromatic rings. The Morgan fingerprint density at radius 3 is 2.03 bits per heavy atom. The average molecular weight is 506 g/mol. The van der Waals surface area contributed by atoms with Crippen molar-refractivity contribution in [2.45, 2.75) is 23.4 Å². The molecule has 0 bridgehead atoms. The summed E-state index contributed by atoms with van der Waals surface area (Å²) >= 11 is 0. The predicted molar refractivity (Wildman–Crippen MR) is 98.3 cm³/mol. The van der Waals surface area contributed by atoms with Crippen molar-refractivity contribution in [1.82, 2.24) is 0 Å². The van der Waals surface area contributed by atoms with Gasteiger partial charge in [0.05, 0.1) is 10.6 Å². The number of benzene rings is 2. The summed E-state index contributed by atoms with van der Waals surface area (Å²) in [6, 6.07) is 6.10. The van der Waals surface area contributed by atoms with Crippen LogP contribution in [0.1, 0.15) is 0 Å². The summed E-state index contributed by atoms with van der Waals surface area (Å²) in [5.74, 6) is -6.08. The maximum Gasteiger partial charge on any atom is 0.422 e. The fourth-order valence-corrected chi connectivity index (χ4v) is 3.46. The van der Waals surface area contributed by atoms with Crippen LogP contribution in [0.25, 0.3) is 0 Å². The number of hydrogen-bond acceptors (Lipinski definition) is 6. The Morgan fingerprint density at radius 2 is 1.52 bits per heavy atom. The van der Waals surface area contributed by atoms with E-state index in [4.69, 9.17) is 0 Å². The van der Waals surface area contributed by atoms with Gasteiger partial charge in [0, 0.05) is 24.3 Å². The summed E-state index contributed by atoms with van der Waals surface area (Å²) in [4.78, 5) is 9.26. The SMILES string of the molecule is O=[N+]([O-])c1ccccc1S(=O)(=O)Nc1cc(OCC(F)(F)F)cc(OCC(F)(F)C(F)F)c1. The summed E-state index contributed by atoms with van der Waals surface area (Å²) < 4.78 is 124. The molecule has 0 aliphatic heterocycles. The summed E-state index contributed by atoms with van der Waals surface area (Å²) in [5, 5.41) is 11.1. The first kappa shape index (κ1) is 26.0. The molecular weight excluding hydrogens is 493 g/mol. The molecule has 0 unspecified atom stereocenters. The molecule has 0 heterocycles. The minimum absolute atomic E-state index is 0.608. The summed E-state index contributed by atoms with van der Waals surface area (Å²) in [6.07, 6.45) is -8.94. The van der Waals surface area contributed by atoms with Crippen molar-refractivity contribution in [3.05, 3.63) is 52.6 Å². The van der Waals surface area contributed by atoms with Crippen molar-refractivity contribution in [3.63, 3.8) is 0 Å². The van der Waals surface area contributed by atoms with Crippen LogP contribution < -0.4 is 14.2 Å². The van der Waals surface area contributed by atoms with Crippen molar-refractivity contribution in [1.29, 1.82) is 0 Å². The molecule has 2 rings (SSSR count). The Bertz CT molecular complexity index is 1110. The van der Waals surface area contributed by atoms with E-state index in [9.17, 15) is 49.3 Å². The normalized spacial score (nSPS) is 12.5. The second-order valence-corrected chi connectivity index (χ2v) is 7.93. The third-order valence-corrected chi connectivity index (χ3v) is 5.07. The van der Waals surface area contributed by atoms with Crippen molar-refractivity contribution in [2.24, 2.45) is 0 Å². The van der Waals surface area contributed by atoms with Crippen molar-refractivity contribution < 1.29 is 53.5 Å². The van der Waals surface area contributed by atoms with Crippen molar-refractivity contribution >= 4 is 21.4 Å². The van der Waals surface area contributed by atoms with Gasteiger partial charge in [-0.3, -0.25) is 14.8 Å². The van der Waals surface area contributed by atoms with Gasteiger partial charge < -0.3 is 9.47 Å². The van der Waals surface area contributed by atoms with Gasteiger partial charge in [-0.1, -0.05) is 12.1 Å². The number of nitrogens with one attached hydrogen (secondary N) is 1. The highest BCUT2D eigenvalue weighted by molar-refractivity contribution is 7.92. The molecule has 1 N–H and O–H groups in total. The second kappa shape index (κ2) is 9.68. The molecule has 0 amide bonds. The van der Waals surface area contributed by atoms with Crippen LogP contribution in [0.15, 0.2) is 47.4 Å². The largest absolute Gasteiger partial charge is 0.487 e. The summed E-state index contributed by atoms with van der Waals surface area (Å²) in [7, 11) is -4.72. The molecule has 33 heavy (non-hydrogen) atoms. The first-order valence-electron chi connectivity index (χ1n) is 8.50. The third kappa shape index (κ3) is 7.37. The summed E-state index contributed by atoms with van der Waals surface area (Å²) in [5.41, 5.74) is -1.44. The molecule has 0 spiro atoms. The maximum absolute atomic E-state index is 13.1. The third-order valence-electron chi connectivity index (χ3n) is 3.64. The molecule has 0 aliphatic carbocycles. The Morgan fingerprint density at radius 1 is 0.970 bits per heavy atom. The molecule has 0 saturated heterocycles. The number of rotatable bonds is 10. The van der Waals surface area contributed by atoms with Gasteiger partial charge in [-0.25, -0.2) is 17.2 Å². The first-order valence-corrected chi connectivity index (χ1v) is 9.99. The van der Waals surface area contributed by atoms with Gasteiger partial charge in [0.15, 0.2) is 18.1 Å². The van der Waals surface area contributed by atoms with Gasteiger partial charge in [-0.05, 0) is 6.07 Å². The van der Waals surface area contributed by atoms with E-state index in [0.29, 0.717) is 18.2 Å². The Kier molecular flexibility index (Phi) is 7.61. The van der Waals surface area contributed by atoms with Crippen LogP contribution >= 0.6 is 0 Å². The minimum Gasteiger partial charge on any atom is -0.487 e. The van der Waals surface area contributed by atoms with Gasteiger partial charge >= 0.3 is 18.5 Å². The molecule has 0 fully saturated rings. The molecule has 182 valence electrons. The smallest absolute Gasteiger partial charge is 0.422 e. The number of nitrogens with zero attached hydrogens (tertiary/aromatic N) is 1. The van der Waals surface area contributed by atoms with Crippen molar-refractivity contribution in [2.75, 3.05) is 17.9 Å². The molecule has 0 aromatic heterocycles. The molecule has 0 atom stereocenters. The van der Waals surface area contributed by atoms with Gasteiger partial charge in [0.1, 0.15) is 11.5 Å². The topological polar surface area (TPSA) is 108 Å². The van der Waals surface area contributed by atoms with Crippen molar-refractivity contribution in [3.8, 4) is 11.5 Å². The average Bonchev–Trinajstić information content (AvgIpc) is 2.70. The van der Waals surface area contributed by atoms with E-state index in [1.165, 1.54) is 6.07 Å². The fraction of sp³-hybridized carbons (Fsp3) is 0.294. The lowest BCUT2D eigenvalue weighted by Gasteiger charge is -2.18. The summed E-state index contributed by atoms with van der Waals surface area (Å²) in [6.45, 7) is -3.75. The lowest BCUT2D eigenvalue weighted by Crippen LogP contribution is -2.33. The number of nitro benzene ring substituents is 1. The van der Waals surface area contributed by atoms with Gasteiger partial charge in [-0.15, -0.1) is 0 Å². The zero-order valence-electron chi connectivity index (χ0n) is 16.0. The van der Waals surface area contributed by atoms with E-state index in [2.05, 4.69) is 9.47 Å². The van der Waals surface area contributed by atoms with E-state index in [-0.39, 0.29) is 0 Å². The molecule has 0 aliphatic rings. The number of halogens is 7. The maximum atomic E-state index is 13.1. The highest BCUT2D eigenvalue weighted by Crippen LogP contribution is 2.32. The zero-order chi connectivity index (χ0) is 25.0. The van der Waals surface area contributed by atoms with Gasteiger partial charge in [0.25, 0.3) is 15.7 Å². The number of nitro groups is 1. The zero-order valence-corrected chi connectivity index (χ0v) is 16.8. The number of sulfonamides is 1. The Balaban J connectivity index is 2.41. The number of ether oxygens (including phenoxy) is 2. The van der Waals surface area contributed by atoms with Crippen LogP contribution in [-0.4, -0.2) is 45.1 Å². The van der Waals surface area contributed by atoms with Gasteiger partial charge in [0.2, 0.25) is 0 Å². The lowest BCUT2D eigenvalue weighted by atomic mass is 10.3. The first-order chi connectivity index (χ1) is 15.1. The number of hydrogen-bond donors (Lipinski definition) is 1. The molecule has 0 radical (unpaired) electrons. The van der Waals surface area contributed by atoms with Crippen LogP contribution in [0, 0.1) is 10.1 Å². The monoisotopic (exact) mass is 506 g/mol. The second-order valence-electron chi connectivity index (χ2n) is 6.28. The van der Waals surface area contributed by atoms with Crippen LogP contribution in [-0.2, 0) is 10.0 Å².